The van der Waals surface area contributed by atoms with E-state index in [0.717, 1.165) is 29.5 Å². The first-order chi connectivity index (χ1) is 9.70. The number of thiophene rings is 1. The molecule has 0 saturated carbocycles. The van der Waals surface area contributed by atoms with E-state index in [-0.39, 0.29) is 24.3 Å². The van der Waals surface area contributed by atoms with Gasteiger partial charge in [0.2, 0.25) is 0 Å². The van der Waals surface area contributed by atoms with Crippen molar-refractivity contribution in [2.24, 2.45) is 0 Å². The van der Waals surface area contributed by atoms with Crippen LogP contribution in [0.2, 0.25) is 5.02 Å². The second kappa shape index (κ2) is 5.91. The topological polar surface area (TPSA) is 83.5 Å². The SMILES string of the molecule is O=C(O)c1cc(S(=O)(=O)Nc2ccc(F)c(Cl)c2)c(Br)s1. The molecule has 1 heterocycles. The number of aromatic carboxylic acids is 1. The van der Waals surface area contributed by atoms with Gasteiger partial charge in [-0.05, 0) is 40.2 Å². The molecule has 1 aromatic heterocycles. The lowest BCUT2D eigenvalue weighted by Gasteiger charge is -2.07. The Morgan fingerprint density at radius 1 is 1.38 bits per heavy atom. The average Bonchev–Trinajstić information content (AvgIpc) is 2.77. The molecule has 0 aliphatic heterocycles. The fourth-order valence-electron chi connectivity index (χ4n) is 1.41. The summed E-state index contributed by atoms with van der Waals surface area (Å²) in [4.78, 5) is 10.5. The Kier molecular flexibility index (Phi) is 4.57. The zero-order valence-electron chi connectivity index (χ0n) is 9.93. The second-order valence-corrected chi connectivity index (χ2v) is 8.22. The minimum atomic E-state index is -4.02. The van der Waals surface area contributed by atoms with E-state index in [4.69, 9.17) is 16.7 Å². The van der Waals surface area contributed by atoms with Crippen LogP contribution >= 0.6 is 38.9 Å². The van der Waals surface area contributed by atoms with E-state index in [1.54, 1.807) is 0 Å². The van der Waals surface area contributed by atoms with E-state index >= 15 is 0 Å². The standard InChI is InChI=1S/C11H6BrClFNO4S2/c12-10-9(4-8(20-10)11(16)17)21(18,19)15-5-1-2-7(14)6(13)3-5/h1-4,15H,(H,16,17). The van der Waals surface area contributed by atoms with Gasteiger partial charge in [-0.15, -0.1) is 11.3 Å². The molecule has 2 N–H and O–H groups in total. The second-order valence-electron chi connectivity index (χ2n) is 3.79. The van der Waals surface area contributed by atoms with Gasteiger partial charge in [0.25, 0.3) is 10.0 Å². The number of anilines is 1. The van der Waals surface area contributed by atoms with Crippen molar-refractivity contribution in [3.05, 3.63) is 43.8 Å². The van der Waals surface area contributed by atoms with Crippen LogP contribution in [0.3, 0.4) is 0 Å². The number of sulfonamides is 1. The summed E-state index contributed by atoms with van der Waals surface area (Å²) in [5.74, 6) is -1.91. The van der Waals surface area contributed by atoms with Gasteiger partial charge < -0.3 is 5.11 Å². The van der Waals surface area contributed by atoms with Crippen molar-refractivity contribution in [2.75, 3.05) is 4.72 Å². The molecule has 1 aromatic carbocycles. The van der Waals surface area contributed by atoms with Gasteiger partial charge in [0.15, 0.2) is 0 Å². The largest absolute Gasteiger partial charge is 0.477 e. The lowest BCUT2D eigenvalue weighted by atomic mass is 10.3. The highest BCUT2D eigenvalue weighted by atomic mass is 79.9. The van der Waals surface area contributed by atoms with Crippen molar-refractivity contribution in [3.63, 3.8) is 0 Å². The maximum atomic E-state index is 13.0. The molecule has 0 spiro atoms. The van der Waals surface area contributed by atoms with E-state index in [0.29, 0.717) is 0 Å². The Bertz CT molecular complexity index is 822. The van der Waals surface area contributed by atoms with Crippen LogP contribution in [0, 0.1) is 5.82 Å². The number of carboxylic acids is 1. The normalized spacial score (nSPS) is 11.4. The highest BCUT2D eigenvalue weighted by Crippen LogP contribution is 2.33. The van der Waals surface area contributed by atoms with Crippen LogP contribution in [0.25, 0.3) is 0 Å². The van der Waals surface area contributed by atoms with Gasteiger partial charge in [0.05, 0.1) is 14.5 Å². The van der Waals surface area contributed by atoms with Gasteiger partial charge >= 0.3 is 5.97 Å². The molecule has 0 radical (unpaired) electrons. The Morgan fingerprint density at radius 2 is 2.05 bits per heavy atom. The monoisotopic (exact) mass is 413 g/mol. The third kappa shape index (κ3) is 3.54. The third-order valence-corrected chi connectivity index (χ3v) is 6.24. The van der Waals surface area contributed by atoms with Crippen molar-refractivity contribution in [1.29, 1.82) is 0 Å². The molecule has 0 saturated heterocycles. The summed E-state index contributed by atoms with van der Waals surface area (Å²) in [7, 11) is -4.02. The van der Waals surface area contributed by atoms with Crippen molar-refractivity contribution >= 4 is 60.5 Å². The van der Waals surface area contributed by atoms with Crippen molar-refractivity contribution in [2.45, 2.75) is 4.90 Å². The summed E-state index contributed by atoms with van der Waals surface area (Å²) in [6.07, 6.45) is 0. The molecule has 0 atom stereocenters. The highest BCUT2D eigenvalue weighted by molar-refractivity contribution is 9.11. The minimum Gasteiger partial charge on any atom is -0.477 e. The van der Waals surface area contributed by atoms with Crippen LogP contribution in [-0.4, -0.2) is 19.5 Å². The van der Waals surface area contributed by atoms with E-state index in [1.807, 2.05) is 0 Å². The molecule has 112 valence electrons. The molecule has 0 amide bonds. The number of hydrogen-bond acceptors (Lipinski definition) is 4. The van der Waals surface area contributed by atoms with Gasteiger partial charge in [-0.2, -0.15) is 0 Å². The van der Waals surface area contributed by atoms with Gasteiger partial charge in [0, 0.05) is 0 Å². The van der Waals surface area contributed by atoms with E-state index in [1.165, 1.54) is 6.07 Å². The molecule has 2 rings (SSSR count). The summed E-state index contributed by atoms with van der Waals surface area (Å²) in [6, 6.07) is 4.38. The summed E-state index contributed by atoms with van der Waals surface area (Å²) in [5, 5.41) is 8.63. The number of hydrogen-bond donors (Lipinski definition) is 2. The molecule has 5 nitrogen and oxygen atoms in total. The number of carbonyl (C=O) groups is 1. The van der Waals surface area contributed by atoms with Crippen molar-refractivity contribution < 1.29 is 22.7 Å². The highest BCUT2D eigenvalue weighted by Gasteiger charge is 2.23. The maximum absolute atomic E-state index is 13.0. The third-order valence-electron chi connectivity index (χ3n) is 2.33. The Labute approximate surface area is 136 Å². The van der Waals surface area contributed by atoms with Gasteiger partial charge in [-0.1, -0.05) is 11.6 Å². The number of carboxylic acid groups (broad SMARTS) is 1. The predicted molar refractivity (Wildman–Crippen MR) is 81.2 cm³/mol. The Hall–Kier alpha value is -1.16. The lowest BCUT2D eigenvalue weighted by Crippen LogP contribution is -2.12. The van der Waals surface area contributed by atoms with Crippen LogP contribution in [0.4, 0.5) is 10.1 Å². The molecule has 0 aliphatic rings. The van der Waals surface area contributed by atoms with Crippen LogP contribution in [-0.2, 0) is 10.0 Å². The molecule has 0 fully saturated rings. The first-order valence-corrected chi connectivity index (χ1v) is 8.68. The van der Waals surface area contributed by atoms with Gasteiger partial charge in [0.1, 0.15) is 15.6 Å². The summed E-state index contributed by atoms with van der Waals surface area (Å²) >= 11 is 9.36. The summed E-state index contributed by atoms with van der Waals surface area (Å²) in [6.45, 7) is 0. The Morgan fingerprint density at radius 3 is 2.57 bits per heavy atom. The molecule has 0 aliphatic carbocycles. The quantitative estimate of drug-likeness (QED) is 0.797. The molecular weight excluding hydrogens is 409 g/mol. The molecule has 0 unspecified atom stereocenters. The number of nitrogens with one attached hydrogen (secondary N) is 1. The van der Waals surface area contributed by atoms with Gasteiger partial charge in [-0.3, -0.25) is 4.72 Å². The van der Waals surface area contributed by atoms with Crippen LogP contribution in [0.15, 0.2) is 32.9 Å². The number of rotatable bonds is 4. The fraction of sp³-hybridized carbons (Fsp3) is 0. The van der Waals surface area contributed by atoms with Crippen molar-refractivity contribution in [3.8, 4) is 0 Å². The zero-order chi connectivity index (χ0) is 15.8. The average molecular weight is 415 g/mol. The van der Waals surface area contributed by atoms with E-state index in [2.05, 4.69) is 20.7 Å². The molecule has 21 heavy (non-hydrogen) atoms. The van der Waals surface area contributed by atoms with E-state index in [9.17, 15) is 17.6 Å². The van der Waals surface area contributed by atoms with Crippen LogP contribution in [0.5, 0.6) is 0 Å². The molecule has 2 aromatic rings. The number of benzene rings is 1. The summed E-state index contributed by atoms with van der Waals surface area (Å²) in [5.41, 5.74) is 0.0661. The van der Waals surface area contributed by atoms with Gasteiger partial charge in [-0.25, -0.2) is 17.6 Å². The molecule has 0 bridgehead atoms. The van der Waals surface area contributed by atoms with E-state index < -0.39 is 21.8 Å². The Balaban J connectivity index is 2.38. The van der Waals surface area contributed by atoms with Crippen LogP contribution < -0.4 is 4.72 Å². The number of halogens is 3. The minimum absolute atomic E-state index is 0.0661. The smallest absolute Gasteiger partial charge is 0.345 e. The maximum Gasteiger partial charge on any atom is 0.345 e. The first-order valence-electron chi connectivity index (χ1n) is 5.21. The molecular formula is C11H6BrClFNO4S2. The van der Waals surface area contributed by atoms with Crippen molar-refractivity contribution in [1.82, 2.24) is 0 Å². The zero-order valence-corrected chi connectivity index (χ0v) is 13.9. The van der Waals surface area contributed by atoms with Crippen LogP contribution in [0.1, 0.15) is 9.67 Å². The fourth-order valence-corrected chi connectivity index (χ4v) is 5.04. The first kappa shape index (κ1) is 16.2. The predicted octanol–water partition coefficient (Wildman–Crippen LogP) is 3.80. The molecule has 10 heteroatoms. The summed E-state index contributed by atoms with van der Waals surface area (Å²) < 4.78 is 39.8. The lowest BCUT2D eigenvalue weighted by molar-refractivity contribution is 0.0702.